The molecular weight excluding hydrogens is 479 g/mol. The number of ether oxygens (including phenoxy) is 2. The van der Waals surface area contributed by atoms with Crippen LogP contribution in [0, 0.1) is 6.92 Å². The van der Waals surface area contributed by atoms with Gasteiger partial charge < -0.3 is 9.47 Å². The number of hydrogen-bond donors (Lipinski definition) is 0. The monoisotopic (exact) mass is 496 g/mol. The van der Waals surface area contributed by atoms with Crippen LogP contribution in [0.4, 0.5) is 5.69 Å². The van der Waals surface area contributed by atoms with E-state index in [1.165, 1.54) is 11.8 Å². The highest BCUT2D eigenvalue weighted by Crippen LogP contribution is 2.35. The largest absolute Gasteiger partial charge is 0.454 e. The molecule has 0 N–H and O–H groups in total. The summed E-state index contributed by atoms with van der Waals surface area (Å²) in [6, 6.07) is 18.7. The van der Waals surface area contributed by atoms with Gasteiger partial charge in [0.1, 0.15) is 5.70 Å². The first kappa shape index (κ1) is 21.9. The second-order valence-corrected chi connectivity index (χ2v) is 9.32. The lowest BCUT2D eigenvalue weighted by Gasteiger charge is -2.18. The Morgan fingerprint density at radius 2 is 1.82 bits per heavy atom. The molecule has 33 heavy (non-hydrogen) atoms. The standard InChI is InChI=1S/C25H18Cl2N2O3S/c1-15-2-7-19(8-3-15)29-24(30)21(10-16-4-9-22-23(11-16)32-14-31-22)28-25(29)33-13-17-5-6-18(26)12-20(17)27/h2-12H,13-14H2,1H3. The molecule has 166 valence electrons. The molecule has 1 amide bonds. The summed E-state index contributed by atoms with van der Waals surface area (Å²) in [5.41, 5.74) is 3.94. The summed E-state index contributed by atoms with van der Waals surface area (Å²) in [4.78, 5) is 19.7. The fourth-order valence-electron chi connectivity index (χ4n) is 3.46. The second kappa shape index (κ2) is 9.14. The molecule has 8 heteroatoms. The number of thioether (sulfide) groups is 1. The Morgan fingerprint density at radius 1 is 1.03 bits per heavy atom. The third-order valence-electron chi connectivity index (χ3n) is 5.19. The number of benzene rings is 3. The number of aliphatic imine (C=N–C) groups is 1. The van der Waals surface area contributed by atoms with Crippen molar-refractivity contribution in [2.45, 2.75) is 12.7 Å². The Morgan fingerprint density at radius 3 is 2.61 bits per heavy atom. The second-order valence-electron chi connectivity index (χ2n) is 7.54. The molecule has 2 aliphatic rings. The van der Waals surface area contributed by atoms with E-state index < -0.39 is 0 Å². The van der Waals surface area contributed by atoms with E-state index in [1.54, 1.807) is 23.1 Å². The van der Waals surface area contributed by atoms with Gasteiger partial charge in [-0.1, -0.05) is 64.8 Å². The molecule has 0 saturated carbocycles. The first-order chi connectivity index (χ1) is 16.0. The van der Waals surface area contributed by atoms with Crippen LogP contribution in [0.5, 0.6) is 11.5 Å². The Hall–Kier alpha value is -2.93. The van der Waals surface area contributed by atoms with Crippen LogP contribution in [0.25, 0.3) is 6.08 Å². The van der Waals surface area contributed by atoms with Crippen LogP contribution in [0.2, 0.25) is 10.0 Å². The maximum Gasteiger partial charge on any atom is 0.283 e. The summed E-state index contributed by atoms with van der Waals surface area (Å²) >= 11 is 13.8. The lowest BCUT2D eigenvalue weighted by atomic mass is 10.1. The minimum absolute atomic E-state index is 0.193. The van der Waals surface area contributed by atoms with Crippen LogP contribution in [-0.4, -0.2) is 17.9 Å². The Labute approximate surface area is 205 Å². The first-order valence-electron chi connectivity index (χ1n) is 10.2. The zero-order chi connectivity index (χ0) is 22.9. The molecule has 2 heterocycles. The van der Waals surface area contributed by atoms with Crippen LogP contribution in [-0.2, 0) is 10.5 Å². The fraction of sp³-hybridized carbons (Fsp3) is 0.120. The van der Waals surface area contributed by atoms with Crippen LogP contribution in [0.15, 0.2) is 71.4 Å². The molecule has 5 nitrogen and oxygen atoms in total. The number of fused-ring (bicyclic) bond motifs is 1. The van der Waals surface area contributed by atoms with Gasteiger partial charge in [0.05, 0.1) is 5.69 Å². The van der Waals surface area contributed by atoms with Gasteiger partial charge in [0.2, 0.25) is 6.79 Å². The number of carbonyl (C=O) groups is 1. The average molecular weight is 497 g/mol. The number of nitrogens with zero attached hydrogens (tertiary/aromatic N) is 2. The van der Waals surface area contributed by atoms with Crippen molar-refractivity contribution >= 4 is 57.8 Å². The third kappa shape index (κ3) is 4.60. The van der Waals surface area contributed by atoms with Gasteiger partial charge in [0.15, 0.2) is 16.7 Å². The van der Waals surface area contributed by atoms with Gasteiger partial charge in [-0.2, -0.15) is 0 Å². The number of rotatable bonds is 4. The predicted molar refractivity (Wildman–Crippen MR) is 134 cm³/mol. The minimum atomic E-state index is -0.193. The topological polar surface area (TPSA) is 51.1 Å². The molecule has 0 unspecified atom stereocenters. The highest BCUT2D eigenvalue weighted by molar-refractivity contribution is 8.13. The summed E-state index contributed by atoms with van der Waals surface area (Å²) in [6.07, 6.45) is 1.76. The van der Waals surface area contributed by atoms with Gasteiger partial charge in [-0.05, 0) is 60.5 Å². The van der Waals surface area contributed by atoms with Gasteiger partial charge in [-0.15, -0.1) is 0 Å². The fourth-order valence-corrected chi connectivity index (χ4v) is 5.03. The quantitative estimate of drug-likeness (QED) is 0.376. The molecule has 2 aliphatic heterocycles. The number of halogens is 2. The summed E-state index contributed by atoms with van der Waals surface area (Å²) in [6.45, 7) is 2.20. The maximum atomic E-state index is 13.4. The summed E-state index contributed by atoms with van der Waals surface area (Å²) in [7, 11) is 0. The van der Waals surface area contributed by atoms with E-state index in [0.29, 0.717) is 38.2 Å². The van der Waals surface area contributed by atoms with E-state index in [1.807, 2.05) is 55.5 Å². The molecule has 0 saturated heterocycles. The molecule has 3 aromatic rings. The Balaban J connectivity index is 1.47. The molecule has 0 radical (unpaired) electrons. The number of amidine groups is 1. The smallest absolute Gasteiger partial charge is 0.283 e. The first-order valence-corrected chi connectivity index (χ1v) is 11.9. The van der Waals surface area contributed by atoms with Crippen LogP contribution >= 0.6 is 35.0 Å². The van der Waals surface area contributed by atoms with Gasteiger partial charge in [-0.25, -0.2) is 4.99 Å². The lowest BCUT2D eigenvalue weighted by molar-refractivity contribution is -0.113. The Bertz CT molecular complexity index is 1310. The van der Waals surface area contributed by atoms with E-state index in [0.717, 1.165) is 22.4 Å². The van der Waals surface area contributed by atoms with E-state index in [9.17, 15) is 4.79 Å². The number of amides is 1. The van der Waals surface area contributed by atoms with Crippen molar-refractivity contribution < 1.29 is 14.3 Å². The molecular formula is C25H18Cl2N2O3S. The van der Waals surface area contributed by atoms with E-state index >= 15 is 0 Å². The molecule has 0 aliphatic carbocycles. The molecule has 0 atom stereocenters. The molecule has 0 bridgehead atoms. The van der Waals surface area contributed by atoms with Crippen molar-refractivity contribution in [1.82, 2.24) is 0 Å². The van der Waals surface area contributed by atoms with Gasteiger partial charge in [0, 0.05) is 15.8 Å². The van der Waals surface area contributed by atoms with Crippen molar-refractivity contribution in [1.29, 1.82) is 0 Å². The van der Waals surface area contributed by atoms with Crippen molar-refractivity contribution in [2.75, 3.05) is 11.7 Å². The number of hydrogen-bond acceptors (Lipinski definition) is 5. The Kier molecular flexibility index (Phi) is 6.06. The minimum Gasteiger partial charge on any atom is -0.454 e. The van der Waals surface area contributed by atoms with Crippen LogP contribution in [0.1, 0.15) is 16.7 Å². The van der Waals surface area contributed by atoms with Gasteiger partial charge in [0.25, 0.3) is 5.91 Å². The molecule has 0 fully saturated rings. The van der Waals surface area contributed by atoms with Crippen molar-refractivity contribution in [3.63, 3.8) is 0 Å². The summed E-state index contributed by atoms with van der Waals surface area (Å²) in [5, 5.41) is 1.75. The third-order valence-corrected chi connectivity index (χ3v) is 6.77. The molecule has 0 spiro atoms. The van der Waals surface area contributed by atoms with Crippen molar-refractivity contribution in [3.05, 3.63) is 93.1 Å². The molecule has 3 aromatic carbocycles. The highest BCUT2D eigenvalue weighted by atomic mass is 35.5. The SMILES string of the molecule is Cc1ccc(N2C(=O)C(=Cc3ccc4c(c3)OCO4)N=C2SCc2ccc(Cl)cc2Cl)cc1. The number of anilines is 1. The zero-order valence-electron chi connectivity index (χ0n) is 17.5. The predicted octanol–water partition coefficient (Wildman–Crippen LogP) is 6.71. The van der Waals surface area contributed by atoms with Crippen LogP contribution < -0.4 is 14.4 Å². The number of aryl methyl sites for hydroxylation is 1. The lowest BCUT2D eigenvalue weighted by Crippen LogP contribution is -2.30. The zero-order valence-corrected chi connectivity index (χ0v) is 19.9. The van der Waals surface area contributed by atoms with Crippen molar-refractivity contribution in [3.8, 4) is 11.5 Å². The molecule has 0 aromatic heterocycles. The number of carbonyl (C=O) groups excluding carboxylic acids is 1. The van der Waals surface area contributed by atoms with Crippen molar-refractivity contribution in [2.24, 2.45) is 4.99 Å². The van der Waals surface area contributed by atoms with Crippen LogP contribution in [0.3, 0.4) is 0 Å². The van der Waals surface area contributed by atoms with Gasteiger partial charge in [-0.3, -0.25) is 9.69 Å². The normalized spacial score (nSPS) is 16.0. The van der Waals surface area contributed by atoms with E-state index in [2.05, 4.69) is 4.99 Å². The van der Waals surface area contributed by atoms with Gasteiger partial charge >= 0.3 is 0 Å². The summed E-state index contributed by atoms with van der Waals surface area (Å²) < 4.78 is 10.8. The average Bonchev–Trinajstić information content (AvgIpc) is 3.38. The van der Waals surface area contributed by atoms with E-state index in [-0.39, 0.29) is 12.7 Å². The summed E-state index contributed by atoms with van der Waals surface area (Å²) in [5.74, 6) is 1.69. The maximum absolute atomic E-state index is 13.4. The van der Waals surface area contributed by atoms with E-state index in [4.69, 9.17) is 32.7 Å². The molecule has 5 rings (SSSR count). The highest BCUT2D eigenvalue weighted by Gasteiger charge is 2.32.